The van der Waals surface area contributed by atoms with Gasteiger partial charge in [0.2, 0.25) is 5.91 Å². The lowest BCUT2D eigenvalue weighted by molar-refractivity contribution is -0.121. The van der Waals surface area contributed by atoms with Crippen molar-refractivity contribution in [3.05, 3.63) is 39.4 Å². The molecule has 142 valence electrons. The van der Waals surface area contributed by atoms with E-state index >= 15 is 0 Å². The Kier molecular flexibility index (Phi) is 8.54. The van der Waals surface area contributed by atoms with Gasteiger partial charge in [-0.2, -0.15) is 0 Å². The highest BCUT2D eigenvalue weighted by Gasteiger charge is 2.05. The van der Waals surface area contributed by atoms with Gasteiger partial charge in [-0.1, -0.05) is 44.7 Å². The molecule has 6 heteroatoms. The van der Waals surface area contributed by atoms with Crippen molar-refractivity contribution in [3.8, 4) is 0 Å². The smallest absolute Gasteiger partial charge is 0.262 e. The Morgan fingerprint density at radius 2 is 1.88 bits per heavy atom. The number of nitrogens with zero attached hydrogens (tertiary/aromatic N) is 1. The number of benzene rings is 1. The van der Waals surface area contributed by atoms with E-state index in [4.69, 9.17) is 12.2 Å². The van der Waals surface area contributed by atoms with Crippen LogP contribution in [0.25, 0.3) is 10.9 Å². The second-order valence-electron chi connectivity index (χ2n) is 6.65. The highest BCUT2D eigenvalue weighted by molar-refractivity contribution is 7.71. The van der Waals surface area contributed by atoms with Gasteiger partial charge in [0.25, 0.3) is 5.56 Å². The van der Waals surface area contributed by atoms with E-state index in [1.165, 1.54) is 19.3 Å². The van der Waals surface area contributed by atoms with Gasteiger partial charge >= 0.3 is 0 Å². The van der Waals surface area contributed by atoms with Crippen LogP contribution in [0.3, 0.4) is 0 Å². The summed E-state index contributed by atoms with van der Waals surface area (Å²) >= 11 is 5.31. The number of carbonyl (C=O) groups is 1. The number of carbonyl (C=O) groups excluding carboxylic acids is 1. The average molecular weight is 376 g/mol. The lowest BCUT2D eigenvalue weighted by Crippen LogP contribution is -2.24. The standard InChI is InChI=1S/C20H29N3O2S/c1-2-3-4-9-14-21-18(24)13-6-5-10-15-23-19(25)16-11-7-8-12-17(16)22-20(23)26/h7-8,11-12H,2-6,9-10,13-15H2,1H3,(H,21,24)(H,22,26). The Balaban J connectivity index is 1.72. The van der Waals surface area contributed by atoms with Crippen LogP contribution in [0.1, 0.15) is 58.3 Å². The van der Waals surface area contributed by atoms with E-state index < -0.39 is 0 Å². The maximum absolute atomic E-state index is 12.5. The molecule has 0 bridgehead atoms. The number of aromatic amines is 1. The fraction of sp³-hybridized carbons (Fsp3) is 0.550. The van der Waals surface area contributed by atoms with Crippen molar-refractivity contribution in [3.63, 3.8) is 0 Å². The summed E-state index contributed by atoms with van der Waals surface area (Å²) < 4.78 is 2.07. The Bertz CT molecular complexity index is 826. The van der Waals surface area contributed by atoms with Gasteiger partial charge in [-0.05, 0) is 43.6 Å². The second kappa shape index (κ2) is 10.9. The number of para-hydroxylation sites is 1. The highest BCUT2D eigenvalue weighted by Crippen LogP contribution is 2.07. The van der Waals surface area contributed by atoms with Crippen molar-refractivity contribution in [2.45, 2.75) is 64.8 Å². The van der Waals surface area contributed by atoms with Crippen LogP contribution in [0.5, 0.6) is 0 Å². The lowest BCUT2D eigenvalue weighted by atomic mass is 10.1. The molecule has 1 aromatic heterocycles. The zero-order chi connectivity index (χ0) is 18.8. The number of unbranched alkanes of at least 4 members (excludes halogenated alkanes) is 5. The van der Waals surface area contributed by atoms with E-state index in [9.17, 15) is 9.59 Å². The number of hydrogen-bond donors (Lipinski definition) is 2. The van der Waals surface area contributed by atoms with Crippen LogP contribution in [0.2, 0.25) is 0 Å². The molecule has 2 N–H and O–H groups in total. The van der Waals surface area contributed by atoms with E-state index in [1.807, 2.05) is 24.3 Å². The summed E-state index contributed by atoms with van der Waals surface area (Å²) in [6.07, 6.45) is 7.79. The fourth-order valence-electron chi connectivity index (χ4n) is 3.00. The number of hydrogen-bond acceptors (Lipinski definition) is 3. The third kappa shape index (κ3) is 6.09. The number of rotatable bonds is 11. The summed E-state index contributed by atoms with van der Waals surface area (Å²) in [6.45, 7) is 3.54. The van der Waals surface area contributed by atoms with E-state index in [1.54, 1.807) is 4.57 Å². The van der Waals surface area contributed by atoms with E-state index in [0.29, 0.717) is 23.1 Å². The quantitative estimate of drug-likeness (QED) is 0.454. The van der Waals surface area contributed by atoms with E-state index in [2.05, 4.69) is 17.2 Å². The molecule has 5 nitrogen and oxygen atoms in total. The van der Waals surface area contributed by atoms with Crippen LogP contribution < -0.4 is 10.9 Å². The van der Waals surface area contributed by atoms with Crippen LogP contribution in [0, 0.1) is 4.77 Å². The SMILES string of the molecule is CCCCCCNC(=O)CCCCCn1c(=S)[nH]c2ccccc2c1=O. The minimum absolute atomic E-state index is 0.0471. The lowest BCUT2D eigenvalue weighted by Gasteiger charge is -2.08. The van der Waals surface area contributed by atoms with Crippen LogP contribution in [0.15, 0.2) is 29.1 Å². The van der Waals surface area contributed by atoms with Gasteiger partial charge in [-0.15, -0.1) is 0 Å². The predicted molar refractivity (Wildman–Crippen MR) is 109 cm³/mol. The van der Waals surface area contributed by atoms with Gasteiger partial charge in [-0.25, -0.2) is 0 Å². The first-order valence-electron chi connectivity index (χ1n) is 9.62. The van der Waals surface area contributed by atoms with Crippen molar-refractivity contribution in [2.75, 3.05) is 6.54 Å². The van der Waals surface area contributed by atoms with Crippen molar-refractivity contribution in [1.29, 1.82) is 0 Å². The van der Waals surface area contributed by atoms with Gasteiger partial charge in [0.1, 0.15) is 0 Å². The third-order valence-electron chi connectivity index (χ3n) is 4.53. The number of aromatic nitrogens is 2. The Morgan fingerprint density at radius 3 is 2.69 bits per heavy atom. The van der Waals surface area contributed by atoms with Gasteiger partial charge in [0.05, 0.1) is 10.9 Å². The van der Waals surface area contributed by atoms with Crippen LogP contribution in [-0.4, -0.2) is 22.0 Å². The normalized spacial score (nSPS) is 11.0. The average Bonchev–Trinajstić information content (AvgIpc) is 2.63. The summed E-state index contributed by atoms with van der Waals surface area (Å²) in [5.74, 6) is 0.127. The summed E-state index contributed by atoms with van der Waals surface area (Å²) in [5.41, 5.74) is 0.725. The number of fused-ring (bicyclic) bond motifs is 1. The topological polar surface area (TPSA) is 66.9 Å². The first-order valence-corrected chi connectivity index (χ1v) is 10.0. The van der Waals surface area contributed by atoms with Crippen molar-refractivity contribution in [2.24, 2.45) is 0 Å². The third-order valence-corrected chi connectivity index (χ3v) is 4.85. The van der Waals surface area contributed by atoms with Crippen molar-refractivity contribution >= 4 is 29.0 Å². The number of nitrogens with one attached hydrogen (secondary N) is 2. The zero-order valence-electron chi connectivity index (χ0n) is 15.6. The minimum atomic E-state index is -0.0471. The molecule has 1 aromatic carbocycles. The summed E-state index contributed by atoms with van der Waals surface area (Å²) in [7, 11) is 0. The van der Waals surface area contributed by atoms with Crippen LogP contribution in [-0.2, 0) is 11.3 Å². The number of amides is 1. The minimum Gasteiger partial charge on any atom is -0.356 e. The molecule has 2 aromatic rings. The monoisotopic (exact) mass is 375 g/mol. The molecule has 0 radical (unpaired) electrons. The van der Waals surface area contributed by atoms with Gasteiger partial charge < -0.3 is 10.3 Å². The molecule has 0 saturated heterocycles. The van der Waals surface area contributed by atoms with Crippen LogP contribution >= 0.6 is 12.2 Å². The predicted octanol–water partition coefficient (Wildman–Crippen LogP) is 4.32. The second-order valence-corrected chi connectivity index (χ2v) is 7.04. The Morgan fingerprint density at radius 1 is 1.12 bits per heavy atom. The molecule has 0 atom stereocenters. The van der Waals surface area contributed by atoms with E-state index in [-0.39, 0.29) is 11.5 Å². The molecule has 0 aliphatic rings. The zero-order valence-corrected chi connectivity index (χ0v) is 16.4. The molecule has 0 fully saturated rings. The van der Waals surface area contributed by atoms with Crippen molar-refractivity contribution < 1.29 is 4.79 Å². The summed E-state index contributed by atoms with van der Waals surface area (Å²) in [5, 5.41) is 3.63. The molecule has 2 rings (SSSR count). The molecule has 0 spiro atoms. The largest absolute Gasteiger partial charge is 0.356 e. The first kappa shape index (κ1) is 20.4. The highest BCUT2D eigenvalue weighted by atomic mass is 32.1. The molecule has 0 aliphatic heterocycles. The Hall–Kier alpha value is -1.95. The fourth-order valence-corrected chi connectivity index (χ4v) is 3.29. The van der Waals surface area contributed by atoms with E-state index in [0.717, 1.165) is 37.7 Å². The molecule has 26 heavy (non-hydrogen) atoms. The van der Waals surface area contributed by atoms with Gasteiger partial charge in [-0.3, -0.25) is 14.2 Å². The summed E-state index contributed by atoms with van der Waals surface area (Å²) in [6, 6.07) is 7.40. The molecule has 0 saturated carbocycles. The first-order chi connectivity index (χ1) is 12.6. The molecule has 1 amide bonds. The number of H-pyrrole nitrogens is 1. The maximum atomic E-state index is 12.5. The van der Waals surface area contributed by atoms with Gasteiger partial charge in [0.15, 0.2) is 4.77 Å². The molecular formula is C20H29N3O2S. The summed E-state index contributed by atoms with van der Waals surface area (Å²) in [4.78, 5) is 27.4. The Labute approximate surface area is 159 Å². The molecule has 1 heterocycles. The van der Waals surface area contributed by atoms with Crippen molar-refractivity contribution in [1.82, 2.24) is 14.9 Å². The molecule has 0 aliphatic carbocycles. The van der Waals surface area contributed by atoms with Gasteiger partial charge in [0, 0.05) is 19.5 Å². The van der Waals surface area contributed by atoms with Crippen LogP contribution in [0.4, 0.5) is 0 Å². The molecular weight excluding hydrogens is 346 g/mol. The molecule has 0 unspecified atom stereocenters. The maximum Gasteiger partial charge on any atom is 0.262 e.